The number of nitrogens with zero attached hydrogens (tertiary/aromatic N) is 1. The first-order chi connectivity index (χ1) is 11.6. The Balaban J connectivity index is 1.63. The largest absolute Gasteiger partial charge is 0.307 e. The van der Waals surface area contributed by atoms with Gasteiger partial charge in [0, 0.05) is 12.6 Å². The minimum Gasteiger partial charge on any atom is -0.307 e. The van der Waals surface area contributed by atoms with E-state index >= 15 is 0 Å². The molecule has 2 N–H and O–H groups in total. The Morgan fingerprint density at radius 1 is 1.17 bits per heavy atom. The van der Waals surface area contributed by atoms with Gasteiger partial charge in [-0.25, -0.2) is 0 Å². The lowest BCUT2D eigenvalue weighted by molar-refractivity contribution is 0.304. The minimum atomic E-state index is -0.881. The number of hydrogen-bond acceptors (Lipinski definition) is 2. The van der Waals surface area contributed by atoms with Gasteiger partial charge in [-0.05, 0) is 48.6 Å². The third-order valence-electron chi connectivity index (χ3n) is 5.59. The molecule has 1 atom stereocenters. The van der Waals surface area contributed by atoms with Gasteiger partial charge in [0.15, 0.2) is 0 Å². The van der Waals surface area contributed by atoms with Gasteiger partial charge in [0.2, 0.25) is 0 Å². The van der Waals surface area contributed by atoms with E-state index in [-0.39, 0.29) is 0 Å². The molecule has 1 aromatic rings. The molecule has 0 bridgehead atoms. The SMILES string of the molecule is CCCCC1CCC(c2ccc(C3=NC=CCC3(N)Cl)cc2)CC1. The van der Waals surface area contributed by atoms with Crippen LogP contribution in [0, 0.1) is 5.92 Å². The summed E-state index contributed by atoms with van der Waals surface area (Å²) in [5.41, 5.74) is 9.45. The van der Waals surface area contributed by atoms with Crippen molar-refractivity contribution in [1.82, 2.24) is 0 Å². The van der Waals surface area contributed by atoms with Crippen molar-refractivity contribution in [3.05, 3.63) is 47.7 Å². The summed E-state index contributed by atoms with van der Waals surface area (Å²) in [7, 11) is 0. The Morgan fingerprint density at radius 3 is 2.50 bits per heavy atom. The molecule has 0 spiro atoms. The highest BCUT2D eigenvalue weighted by molar-refractivity contribution is 6.39. The van der Waals surface area contributed by atoms with Gasteiger partial charge in [-0.2, -0.15) is 0 Å². The maximum atomic E-state index is 6.41. The molecule has 0 aromatic heterocycles. The number of halogens is 1. The van der Waals surface area contributed by atoms with Crippen LogP contribution >= 0.6 is 11.6 Å². The number of aliphatic imine (C=N–C) groups is 1. The molecule has 1 heterocycles. The highest BCUT2D eigenvalue weighted by Crippen LogP contribution is 2.38. The van der Waals surface area contributed by atoms with Crippen LogP contribution in [0.15, 0.2) is 41.5 Å². The van der Waals surface area contributed by atoms with Gasteiger partial charge >= 0.3 is 0 Å². The normalized spacial score (nSPS) is 30.2. The van der Waals surface area contributed by atoms with E-state index in [1.165, 1.54) is 50.5 Å². The van der Waals surface area contributed by atoms with Crippen molar-refractivity contribution in [2.45, 2.75) is 69.2 Å². The smallest absolute Gasteiger partial charge is 0.138 e. The second-order valence-electron chi connectivity index (χ2n) is 7.41. The minimum absolute atomic E-state index is 0.622. The molecule has 1 aliphatic heterocycles. The first-order valence-corrected chi connectivity index (χ1v) is 9.79. The quantitative estimate of drug-likeness (QED) is 0.536. The molecule has 130 valence electrons. The van der Waals surface area contributed by atoms with Gasteiger partial charge in [-0.3, -0.25) is 4.99 Å². The highest BCUT2D eigenvalue weighted by atomic mass is 35.5. The zero-order valence-corrected chi connectivity index (χ0v) is 15.4. The summed E-state index contributed by atoms with van der Waals surface area (Å²) in [4.78, 5) is 3.53. The summed E-state index contributed by atoms with van der Waals surface area (Å²) < 4.78 is 0. The molecular weight excluding hydrogens is 316 g/mol. The van der Waals surface area contributed by atoms with E-state index in [1.54, 1.807) is 6.20 Å². The van der Waals surface area contributed by atoms with E-state index in [2.05, 4.69) is 36.2 Å². The molecule has 1 saturated carbocycles. The van der Waals surface area contributed by atoms with Gasteiger partial charge in [0.25, 0.3) is 0 Å². The van der Waals surface area contributed by atoms with Crippen molar-refractivity contribution in [3.63, 3.8) is 0 Å². The van der Waals surface area contributed by atoms with Crippen LogP contribution in [0.25, 0.3) is 0 Å². The number of nitrogens with two attached hydrogens (primary N) is 1. The van der Waals surface area contributed by atoms with Gasteiger partial charge < -0.3 is 5.73 Å². The van der Waals surface area contributed by atoms with Crippen LogP contribution in [-0.4, -0.2) is 10.7 Å². The summed E-state index contributed by atoms with van der Waals surface area (Å²) in [6.07, 6.45) is 13.9. The van der Waals surface area contributed by atoms with E-state index in [1.807, 2.05) is 6.08 Å². The first kappa shape index (κ1) is 17.7. The summed E-state index contributed by atoms with van der Waals surface area (Å²) in [6, 6.07) is 8.78. The molecule has 3 rings (SSSR count). The Kier molecular flexibility index (Phi) is 5.78. The summed E-state index contributed by atoms with van der Waals surface area (Å²) in [5, 5.41) is 0. The van der Waals surface area contributed by atoms with Gasteiger partial charge in [-0.1, -0.05) is 68.1 Å². The molecule has 3 heteroatoms. The molecule has 0 amide bonds. The topological polar surface area (TPSA) is 38.4 Å². The molecule has 24 heavy (non-hydrogen) atoms. The highest BCUT2D eigenvalue weighted by Gasteiger charge is 2.30. The lowest BCUT2D eigenvalue weighted by atomic mass is 9.77. The molecule has 1 unspecified atom stereocenters. The molecule has 0 radical (unpaired) electrons. The first-order valence-electron chi connectivity index (χ1n) is 9.41. The Hall–Kier alpha value is -1.12. The van der Waals surface area contributed by atoms with Crippen molar-refractivity contribution in [1.29, 1.82) is 0 Å². The van der Waals surface area contributed by atoms with Crippen molar-refractivity contribution >= 4 is 17.3 Å². The molecule has 2 aliphatic rings. The number of alkyl halides is 1. The monoisotopic (exact) mass is 344 g/mol. The van der Waals surface area contributed by atoms with Crippen LogP contribution in [0.3, 0.4) is 0 Å². The fraction of sp³-hybridized carbons (Fsp3) is 0.571. The summed E-state index contributed by atoms with van der Waals surface area (Å²) >= 11 is 6.41. The third-order valence-corrected chi connectivity index (χ3v) is 5.92. The van der Waals surface area contributed by atoms with Crippen LogP contribution in [-0.2, 0) is 0 Å². The van der Waals surface area contributed by atoms with Crippen LogP contribution < -0.4 is 5.73 Å². The van der Waals surface area contributed by atoms with Gasteiger partial charge in [0.05, 0.1) is 5.71 Å². The van der Waals surface area contributed by atoms with Crippen molar-refractivity contribution < 1.29 is 0 Å². The Labute approximate surface area is 151 Å². The van der Waals surface area contributed by atoms with Crippen molar-refractivity contribution in [2.75, 3.05) is 0 Å². The molecule has 1 fully saturated rings. The fourth-order valence-electron chi connectivity index (χ4n) is 4.06. The van der Waals surface area contributed by atoms with E-state index in [0.717, 1.165) is 17.2 Å². The van der Waals surface area contributed by atoms with Crippen LogP contribution in [0.1, 0.15) is 75.3 Å². The molecule has 1 aromatic carbocycles. The standard InChI is InChI=1S/C21H29ClN2/c1-2-3-5-16-6-8-17(9-7-16)18-10-12-19(13-11-18)20-21(22,23)14-4-15-24-20/h4,10-13,15-17H,2-3,5-9,14,23H2,1H3. The van der Waals surface area contributed by atoms with E-state index in [0.29, 0.717) is 12.3 Å². The summed E-state index contributed by atoms with van der Waals surface area (Å²) in [6.45, 7) is 2.29. The lowest BCUT2D eigenvalue weighted by Gasteiger charge is -2.29. The van der Waals surface area contributed by atoms with Crippen molar-refractivity contribution in [3.8, 4) is 0 Å². The van der Waals surface area contributed by atoms with E-state index in [9.17, 15) is 0 Å². The number of rotatable bonds is 5. The molecule has 2 nitrogen and oxygen atoms in total. The maximum absolute atomic E-state index is 6.41. The number of hydrogen-bond donors (Lipinski definition) is 1. The van der Waals surface area contributed by atoms with Crippen LogP contribution in [0.4, 0.5) is 0 Å². The average Bonchev–Trinajstić information content (AvgIpc) is 2.60. The maximum Gasteiger partial charge on any atom is 0.138 e. The lowest BCUT2D eigenvalue weighted by Crippen LogP contribution is -2.43. The van der Waals surface area contributed by atoms with E-state index in [4.69, 9.17) is 17.3 Å². The van der Waals surface area contributed by atoms with Crippen LogP contribution in [0.2, 0.25) is 0 Å². The second kappa shape index (κ2) is 7.84. The Bertz CT molecular complexity index is 593. The second-order valence-corrected chi connectivity index (χ2v) is 8.09. The molecular formula is C21H29ClN2. The number of unbranched alkanes of at least 4 members (excludes halogenated alkanes) is 1. The number of benzene rings is 1. The predicted octanol–water partition coefficient (Wildman–Crippen LogP) is 5.75. The zero-order valence-electron chi connectivity index (χ0n) is 14.7. The van der Waals surface area contributed by atoms with Gasteiger partial charge in [-0.15, -0.1) is 0 Å². The molecule has 0 saturated heterocycles. The molecule has 1 aliphatic carbocycles. The summed E-state index contributed by atoms with van der Waals surface area (Å²) in [5.74, 6) is 1.67. The predicted molar refractivity (Wildman–Crippen MR) is 104 cm³/mol. The van der Waals surface area contributed by atoms with Crippen LogP contribution in [0.5, 0.6) is 0 Å². The Morgan fingerprint density at radius 2 is 1.88 bits per heavy atom. The zero-order chi connectivity index (χ0) is 17.0. The average molecular weight is 345 g/mol. The van der Waals surface area contributed by atoms with Gasteiger partial charge in [0.1, 0.15) is 5.00 Å². The fourth-order valence-corrected chi connectivity index (χ4v) is 4.31. The van der Waals surface area contributed by atoms with Crippen molar-refractivity contribution in [2.24, 2.45) is 16.6 Å². The third kappa shape index (κ3) is 4.10. The van der Waals surface area contributed by atoms with E-state index < -0.39 is 5.00 Å².